The van der Waals surface area contributed by atoms with Crippen molar-refractivity contribution in [2.75, 3.05) is 19.1 Å². The number of ether oxygens (including phenoxy) is 1. The molecule has 0 fully saturated rings. The molecule has 0 bridgehead atoms. The third-order valence-corrected chi connectivity index (χ3v) is 3.23. The molecule has 1 unspecified atom stereocenters. The first kappa shape index (κ1) is 14.9. The molecular formula is C13H18N2O4. The molecule has 0 N–H and O–H groups in total. The average molecular weight is 266 g/mol. The fraction of sp³-hybridized carbons (Fsp3) is 0.462. The normalized spacial score (nSPS) is 11.8. The molecule has 104 valence electrons. The Morgan fingerprint density at radius 3 is 2.63 bits per heavy atom. The molecule has 0 saturated heterocycles. The third-order valence-electron chi connectivity index (χ3n) is 3.23. The lowest BCUT2D eigenvalue weighted by Crippen LogP contribution is -2.28. The van der Waals surface area contributed by atoms with Crippen molar-refractivity contribution in [2.45, 2.75) is 26.3 Å². The van der Waals surface area contributed by atoms with Crippen LogP contribution in [0.5, 0.6) is 0 Å². The van der Waals surface area contributed by atoms with Crippen LogP contribution in [0.4, 0.5) is 11.4 Å². The van der Waals surface area contributed by atoms with Crippen LogP contribution in [-0.4, -0.2) is 31.1 Å². The van der Waals surface area contributed by atoms with Crippen molar-refractivity contribution in [3.63, 3.8) is 0 Å². The lowest BCUT2D eigenvalue weighted by Gasteiger charge is -2.25. The van der Waals surface area contributed by atoms with Crippen molar-refractivity contribution in [3.8, 4) is 0 Å². The molecule has 0 aromatic heterocycles. The lowest BCUT2D eigenvalue weighted by atomic mass is 10.1. The average Bonchev–Trinajstić information content (AvgIpc) is 2.43. The maximum atomic E-state index is 11.5. The fourth-order valence-corrected chi connectivity index (χ4v) is 1.72. The number of nitrogens with zero attached hydrogens (tertiary/aromatic N) is 2. The predicted octanol–water partition coefficient (Wildman–Crippen LogP) is 2.62. The van der Waals surface area contributed by atoms with Gasteiger partial charge in [-0.3, -0.25) is 10.1 Å². The van der Waals surface area contributed by atoms with Gasteiger partial charge in [-0.25, -0.2) is 4.79 Å². The maximum Gasteiger partial charge on any atom is 0.337 e. The second-order valence-electron chi connectivity index (χ2n) is 4.32. The van der Waals surface area contributed by atoms with Crippen LogP contribution < -0.4 is 4.90 Å². The summed E-state index contributed by atoms with van der Waals surface area (Å²) >= 11 is 0. The number of methoxy groups -OCH3 is 1. The summed E-state index contributed by atoms with van der Waals surface area (Å²) in [4.78, 5) is 23.9. The molecule has 1 aromatic carbocycles. The standard InChI is InChI=1S/C13H18N2O4/c1-5-9(2)14(3)12-8-10(13(16)19-4)6-7-11(12)15(17)18/h6-9H,5H2,1-4H3. The number of benzene rings is 1. The highest BCUT2D eigenvalue weighted by atomic mass is 16.6. The molecule has 1 atom stereocenters. The number of esters is 1. The van der Waals surface area contributed by atoms with Crippen molar-refractivity contribution in [2.24, 2.45) is 0 Å². The highest BCUT2D eigenvalue weighted by Gasteiger charge is 2.22. The van der Waals surface area contributed by atoms with Crippen LogP contribution in [0.2, 0.25) is 0 Å². The summed E-state index contributed by atoms with van der Waals surface area (Å²) in [5, 5.41) is 11.1. The Bertz CT molecular complexity index is 488. The number of nitro benzene ring substituents is 1. The Morgan fingerprint density at radius 1 is 1.53 bits per heavy atom. The molecular weight excluding hydrogens is 248 g/mol. The van der Waals surface area contributed by atoms with Gasteiger partial charge in [0.1, 0.15) is 5.69 Å². The molecule has 19 heavy (non-hydrogen) atoms. The van der Waals surface area contributed by atoms with Crippen LogP contribution in [0.1, 0.15) is 30.6 Å². The van der Waals surface area contributed by atoms with E-state index in [4.69, 9.17) is 0 Å². The zero-order chi connectivity index (χ0) is 14.6. The summed E-state index contributed by atoms with van der Waals surface area (Å²) in [6.45, 7) is 3.96. The Morgan fingerprint density at radius 2 is 2.16 bits per heavy atom. The van der Waals surface area contributed by atoms with Gasteiger partial charge in [0.15, 0.2) is 0 Å². The molecule has 1 rings (SSSR count). The highest BCUT2D eigenvalue weighted by Crippen LogP contribution is 2.30. The van der Waals surface area contributed by atoms with E-state index in [-0.39, 0.29) is 11.7 Å². The minimum absolute atomic E-state index is 0.0181. The van der Waals surface area contributed by atoms with Crippen LogP contribution in [0.25, 0.3) is 0 Å². The first-order chi connectivity index (χ1) is 8.92. The third kappa shape index (κ3) is 3.21. The number of nitro groups is 1. The van der Waals surface area contributed by atoms with Gasteiger partial charge < -0.3 is 9.64 Å². The topological polar surface area (TPSA) is 72.7 Å². The van der Waals surface area contributed by atoms with E-state index in [1.807, 2.05) is 13.8 Å². The fourth-order valence-electron chi connectivity index (χ4n) is 1.72. The summed E-state index contributed by atoms with van der Waals surface area (Å²) < 4.78 is 4.63. The molecule has 6 heteroatoms. The van der Waals surface area contributed by atoms with E-state index in [0.29, 0.717) is 11.3 Å². The number of carbonyl (C=O) groups is 1. The van der Waals surface area contributed by atoms with Crippen LogP contribution in [0, 0.1) is 10.1 Å². The van der Waals surface area contributed by atoms with E-state index in [2.05, 4.69) is 4.74 Å². The maximum absolute atomic E-state index is 11.5. The number of hydrogen-bond donors (Lipinski definition) is 0. The van der Waals surface area contributed by atoms with E-state index in [9.17, 15) is 14.9 Å². The van der Waals surface area contributed by atoms with E-state index < -0.39 is 10.9 Å². The van der Waals surface area contributed by atoms with Gasteiger partial charge in [-0.1, -0.05) is 6.92 Å². The molecule has 0 heterocycles. The van der Waals surface area contributed by atoms with Gasteiger partial charge in [0.05, 0.1) is 17.6 Å². The van der Waals surface area contributed by atoms with Crippen molar-refractivity contribution in [3.05, 3.63) is 33.9 Å². The number of hydrogen-bond acceptors (Lipinski definition) is 5. The Kier molecular flexibility index (Phi) is 4.86. The largest absolute Gasteiger partial charge is 0.465 e. The van der Waals surface area contributed by atoms with Gasteiger partial charge in [-0.05, 0) is 25.5 Å². The number of anilines is 1. The molecule has 0 aliphatic carbocycles. The zero-order valence-corrected chi connectivity index (χ0v) is 11.5. The quantitative estimate of drug-likeness (QED) is 0.465. The minimum atomic E-state index is -0.506. The summed E-state index contributed by atoms with van der Waals surface area (Å²) in [6.07, 6.45) is 0.843. The van der Waals surface area contributed by atoms with Crippen molar-refractivity contribution in [1.29, 1.82) is 0 Å². The Balaban J connectivity index is 3.30. The summed E-state index contributed by atoms with van der Waals surface area (Å²) in [6, 6.07) is 4.36. The van der Waals surface area contributed by atoms with Crippen molar-refractivity contribution < 1.29 is 14.5 Å². The van der Waals surface area contributed by atoms with E-state index in [0.717, 1.165) is 6.42 Å². The molecule has 0 spiro atoms. The number of carbonyl (C=O) groups excluding carboxylic acids is 1. The van der Waals surface area contributed by atoms with Gasteiger partial charge >= 0.3 is 5.97 Å². The molecule has 1 aromatic rings. The van der Waals surface area contributed by atoms with Crippen LogP contribution in [0.3, 0.4) is 0 Å². The predicted molar refractivity (Wildman–Crippen MR) is 72.6 cm³/mol. The van der Waals surface area contributed by atoms with Crippen LogP contribution in [0.15, 0.2) is 18.2 Å². The first-order valence-electron chi connectivity index (χ1n) is 6.02. The minimum Gasteiger partial charge on any atom is -0.465 e. The van der Waals surface area contributed by atoms with E-state index >= 15 is 0 Å². The smallest absolute Gasteiger partial charge is 0.337 e. The summed E-state index contributed by atoms with van der Waals surface area (Å²) in [5.41, 5.74) is 0.705. The summed E-state index contributed by atoms with van der Waals surface area (Å²) in [5.74, 6) is -0.506. The molecule has 0 aliphatic rings. The second-order valence-corrected chi connectivity index (χ2v) is 4.32. The van der Waals surface area contributed by atoms with E-state index in [1.165, 1.54) is 25.3 Å². The molecule has 0 aliphatic heterocycles. The van der Waals surface area contributed by atoms with Gasteiger partial charge in [0.25, 0.3) is 5.69 Å². The molecule has 0 amide bonds. The Labute approximate surface area is 112 Å². The first-order valence-corrected chi connectivity index (χ1v) is 6.02. The van der Waals surface area contributed by atoms with Gasteiger partial charge in [-0.15, -0.1) is 0 Å². The lowest BCUT2D eigenvalue weighted by molar-refractivity contribution is -0.384. The van der Waals surface area contributed by atoms with Gasteiger partial charge in [0, 0.05) is 19.2 Å². The molecule has 0 saturated carbocycles. The SMILES string of the molecule is CCC(C)N(C)c1cc(C(=O)OC)ccc1[N+](=O)[O-]. The highest BCUT2D eigenvalue weighted by molar-refractivity contribution is 5.91. The van der Waals surface area contributed by atoms with Crippen LogP contribution >= 0.6 is 0 Å². The van der Waals surface area contributed by atoms with Crippen molar-refractivity contribution >= 4 is 17.3 Å². The van der Waals surface area contributed by atoms with Gasteiger partial charge in [0.2, 0.25) is 0 Å². The Hall–Kier alpha value is -2.11. The monoisotopic (exact) mass is 266 g/mol. The van der Waals surface area contributed by atoms with E-state index in [1.54, 1.807) is 11.9 Å². The summed E-state index contributed by atoms with van der Waals surface area (Å²) in [7, 11) is 3.05. The van der Waals surface area contributed by atoms with Crippen molar-refractivity contribution in [1.82, 2.24) is 0 Å². The zero-order valence-electron chi connectivity index (χ0n) is 11.5. The van der Waals surface area contributed by atoms with Crippen LogP contribution in [-0.2, 0) is 4.74 Å². The molecule has 0 radical (unpaired) electrons. The van der Waals surface area contributed by atoms with Gasteiger partial charge in [-0.2, -0.15) is 0 Å². The molecule has 6 nitrogen and oxygen atoms in total. The number of rotatable bonds is 5. The second kappa shape index (κ2) is 6.17.